The second kappa shape index (κ2) is 9.80. The fourth-order valence-corrected chi connectivity index (χ4v) is 5.03. The van der Waals surface area contributed by atoms with Crippen LogP contribution >= 0.6 is 34.7 Å². The molecule has 1 saturated heterocycles. The summed E-state index contributed by atoms with van der Waals surface area (Å²) in [6.07, 6.45) is 4.42. The maximum Gasteiger partial charge on any atom is 0.258 e. The van der Waals surface area contributed by atoms with Crippen molar-refractivity contribution in [2.45, 2.75) is 18.6 Å². The van der Waals surface area contributed by atoms with E-state index in [4.69, 9.17) is 11.6 Å². The Labute approximate surface area is 191 Å². The third-order valence-electron chi connectivity index (χ3n) is 5.03. The fraction of sp³-hybridized carbons (Fsp3) is 0.350. The Hall–Kier alpha value is -2.43. The summed E-state index contributed by atoms with van der Waals surface area (Å²) in [5.41, 5.74) is 0.568. The number of amides is 2. The van der Waals surface area contributed by atoms with Crippen LogP contribution in [0.3, 0.4) is 0 Å². The van der Waals surface area contributed by atoms with E-state index in [1.165, 1.54) is 39.8 Å². The highest BCUT2D eigenvalue weighted by molar-refractivity contribution is 7.99. The van der Waals surface area contributed by atoms with Gasteiger partial charge in [-0.1, -0.05) is 11.6 Å². The van der Waals surface area contributed by atoms with Crippen molar-refractivity contribution in [1.82, 2.24) is 19.3 Å². The Kier molecular flexibility index (Phi) is 6.89. The molecule has 0 aliphatic carbocycles. The molecule has 0 saturated carbocycles. The number of pyridine rings is 1. The van der Waals surface area contributed by atoms with Gasteiger partial charge in [0.15, 0.2) is 4.96 Å². The van der Waals surface area contributed by atoms with Crippen LogP contribution in [0, 0.1) is 5.92 Å². The van der Waals surface area contributed by atoms with Gasteiger partial charge < -0.3 is 10.2 Å². The lowest BCUT2D eigenvalue weighted by atomic mass is 9.96. The van der Waals surface area contributed by atoms with Crippen LogP contribution < -0.4 is 10.9 Å². The first kappa shape index (κ1) is 21.8. The van der Waals surface area contributed by atoms with Crippen molar-refractivity contribution in [3.63, 3.8) is 0 Å². The van der Waals surface area contributed by atoms with Gasteiger partial charge in [0.25, 0.3) is 5.56 Å². The molecule has 4 rings (SSSR count). The number of anilines is 1. The van der Waals surface area contributed by atoms with Crippen molar-refractivity contribution in [3.8, 4) is 0 Å². The van der Waals surface area contributed by atoms with Crippen molar-refractivity contribution < 1.29 is 9.59 Å². The molecule has 31 heavy (non-hydrogen) atoms. The van der Waals surface area contributed by atoms with E-state index >= 15 is 0 Å². The van der Waals surface area contributed by atoms with Crippen LogP contribution in [0.5, 0.6) is 0 Å². The maximum atomic E-state index is 12.5. The topological polar surface area (TPSA) is 96.7 Å². The van der Waals surface area contributed by atoms with Gasteiger partial charge in [0.2, 0.25) is 11.8 Å². The van der Waals surface area contributed by atoms with E-state index in [2.05, 4.69) is 15.3 Å². The molecule has 3 aromatic rings. The zero-order chi connectivity index (χ0) is 21.8. The molecule has 0 unspecified atom stereocenters. The lowest BCUT2D eigenvalue weighted by molar-refractivity contribution is -0.132. The Morgan fingerprint density at radius 3 is 2.84 bits per heavy atom. The largest absolute Gasteiger partial charge is 0.342 e. The number of rotatable bonds is 6. The third kappa shape index (κ3) is 5.44. The van der Waals surface area contributed by atoms with Crippen LogP contribution in [0.4, 0.5) is 5.82 Å². The Morgan fingerprint density at radius 2 is 2.10 bits per heavy atom. The minimum Gasteiger partial charge on any atom is -0.342 e. The van der Waals surface area contributed by atoms with Gasteiger partial charge in [-0.3, -0.25) is 18.8 Å². The molecule has 0 bridgehead atoms. The predicted molar refractivity (Wildman–Crippen MR) is 123 cm³/mol. The minimum absolute atomic E-state index is 0.0390. The molecule has 162 valence electrons. The Balaban J connectivity index is 1.22. The van der Waals surface area contributed by atoms with E-state index in [9.17, 15) is 14.4 Å². The lowest BCUT2D eigenvalue weighted by Gasteiger charge is -2.31. The zero-order valence-corrected chi connectivity index (χ0v) is 18.9. The van der Waals surface area contributed by atoms with Crippen molar-refractivity contribution in [3.05, 3.63) is 57.0 Å². The highest BCUT2D eigenvalue weighted by Gasteiger charge is 2.27. The van der Waals surface area contributed by atoms with Gasteiger partial charge in [-0.2, -0.15) is 0 Å². The molecule has 11 heteroatoms. The first-order valence-electron chi connectivity index (χ1n) is 9.73. The van der Waals surface area contributed by atoms with Crippen molar-refractivity contribution in [2.24, 2.45) is 5.92 Å². The maximum absolute atomic E-state index is 12.5. The number of likely N-dealkylation sites (tertiary alicyclic amines) is 1. The molecule has 1 aliphatic rings. The summed E-state index contributed by atoms with van der Waals surface area (Å²) < 4.78 is 1.51. The highest BCUT2D eigenvalue weighted by Crippen LogP contribution is 2.21. The molecule has 1 N–H and O–H groups in total. The summed E-state index contributed by atoms with van der Waals surface area (Å²) in [6.45, 7) is 1.10. The number of fused-ring (bicyclic) bond motifs is 1. The van der Waals surface area contributed by atoms with Crippen molar-refractivity contribution in [1.29, 1.82) is 0 Å². The number of hydrogen-bond donors (Lipinski definition) is 1. The number of nitrogens with zero attached hydrogens (tertiary/aromatic N) is 4. The molecule has 0 radical (unpaired) electrons. The number of hydrogen-bond acceptors (Lipinski definition) is 7. The Bertz CT molecular complexity index is 1140. The van der Waals surface area contributed by atoms with Gasteiger partial charge >= 0.3 is 0 Å². The molecular weight excluding hydrogens is 458 g/mol. The zero-order valence-electron chi connectivity index (χ0n) is 16.5. The first-order valence-corrected chi connectivity index (χ1v) is 12.1. The van der Waals surface area contributed by atoms with E-state index in [1.54, 1.807) is 23.2 Å². The second-order valence-electron chi connectivity index (χ2n) is 7.14. The lowest BCUT2D eigenvalue weighted by Crippen LogP contribution is -2.42. The monoisotopic (exact) mass is 477 g/mol. The fourth-order valence-electron chi connectivity index (χ4n) is 3.37. The Morgan fingerprint density at radius 1 is 1.29 bits per heavy atom. The number of halogens is 1. The van der Waals surface area contributed by atoms with Crippen molar-refractivity contribution in [2.75, 3.05) is 24.2 Å². The molecule has 1 aliphatic heterocycles. The molecule has 0 spiro atoms. The SMILES string of the molecule is O=C(Nc1ccc(Cl)cn1)C1CCN(C(=O)CSCc2cc(=O)n3ccsc3n2)CC1. The number of carbonyl (C=O) groups is 2. The number of piperidine rings is 1. The van der Waals surface area contributed by atoms with E-state index in [1.807, 2.05) is 5.38 Å². The van der Waals surface area contributed by atoms with Gasteiger partial charge in [-0.15, -0.1) is 23.1 Å². The van der Waals surface area contributed by atoms with Gasteiger partial charge in [0.1, 0.15) is 5.82 Å². The molecule has 8 nitrogen and oxygen atoms in total. The smallest absolute Gasteiger partial charge is 0.258 e. The average Bonchev–Trinajstić information content (AvgIpc) is 3.25. The van der Waals surface area contributed by atoms with Crippen LogP contribution in [0.15, 0.2) is 40.8 Å². The van der Waals surface area contributed by atoms with E-state index < -0.39 is 0 Å². The summed E-state index contributed by atoms with van der Waals surface area (Å²) in [7, 11) is 0. The average molecular weight is 478 g/mol. The molecule has 0 aromatic carbocycles. The van der Waals surface area contributed by atoms with Crippen LogP contribution in [0.1, 0.15) is 18.5 Å². The third-order valence-corrected chi connectivity index (χ3v) is 6.96. The van der Waals surface area contributed by atoms with Crippen LogP contribution in [0.25, 0.3) is 4.96 Å². The number of carbonyl (C=O) groups excluding carboxylic acids is 2. The van der Waals surface area contributed by atoms with Crippen LogP contribution in [0.2, 0.25) is 5.02 Å². The van der Waals surface area contributed by atoms with E-state index in [0.717, 1.165) is 0 Å². The minimum atomic E-state index is -0.149. The van der Waals surface area contributed by atoms with Gasteiger partial charge in [-0.05, 0) is 25.0 Å². The number of aromatic nitrogens is 3. The molecule has 1 fully saturated rings. The van der Waals surface area contributed by atoms with Crippen LogP contribution in [-0.2, 0) is 15.3 Å². The second-order valence-corrected chi connectivity index (χ2v) is 9.44. The number of thiazole rings is 1. The van der Waals surface area contributed by atoms with Crippen molar-refractivity contribution >= 4 is 57.3 Å². The van der Waals surface area contributed by atoms with Gasteiger partial charge in [-0.25, -0.2) is 9.97 Å². The predicted octanol–water partition coefficient (Wildman–Crippen LogP) is 2.91. The first-order chi connectivity index (χ1) is 15.0. The molecule has 4 heterocycles. The highest BCUT2D eigenvalue weighted by atomic mass is 35.5. The molecule has 0 atom stereocenters. The van der Waals surface area contributed by atoms with Crippen LogP contribution in [-0.4, -0.2) is 49.9 Å². The molecular formula is C20H20ClN5O3S2. The van der Waals surface area contributed by atoms with Gasteiger partial charge in [0.05, 0.1) is 16.5 Å². The summed E-state index contributed by atoms with van der Waals surface area (Å²) in [5, 5.41) is 5.13. The number of nitrogens with one attached hydrogen (secondary N) is 1. The summed E-state index contributed by atoms with van der Waals surface area (Å²) in [4.78, 5) is 48.0. The molecule has 2 amide bonds. The quantitative estimate of drug-likeness (QED) is 0.586. The summed E-state index contributed by atoms with van der Waals surface area (Å²) in [6, 6.07) is 4.85. The standard InChI is InChI=1S/C20H20ClN5O3S2/c21-14-1-2-16(22-10-14)24-19(29)13-3-5-25(6-4-13)18(28)12-30-11-15-9-17(27)26-7-8-31-20(26)23-15/h1-2,7-10,13H,3-6,11-12H2,(H,22,24,29). The van der Waals surface area contributed by atoms with E-state index in [-0.39, 0.29) is 23.3 Å². The summed E-state index contributed by atoms with van der Waals surface area (Å²) in [5.74, 6) is 1.09. The number of thioether (sulfide) groups is 1. The normalized spacial score (nSPS) is 14.7. The van der Waals surface area contributed by atoms with Gasteiger partial charge in [0, 0.05) is 48.6 Å². The molecule has 3 aromatic heterocycles. The van der Waals surface area contributed by atoms with E-state index in [0.29, 0.717) is 58.9 Å². The summed E-state index contributed by atoms with van der Waals surface area (Å²) >= 11 is 8.66.